The first-order valence-electron chi connectivity index (χ1n) is 14.0. The molecule has 0 bridgehead atoms. The molecule has 4 heteroatoms. The van der Waals surface area contributed by atoms with Crippen molar-refractivity contribution >= 4 is 33.1 Å². The van der Waals surface area contributed by atoms with Gasteiger partial charge in [-0.3, -0.25) is 4.57 Å². The summed E-state index contributed by atoms with van der Waals surface area (Å²) in [5.41, 5.74) is 10.1. The van der Waals surface area contributed by atoms with Crippen LogP contribution in [0.5, 0.6) is 0 Å². The molecular weight excluding hydrogens is 490 g/mol. The normalized spacial score (nSPS) is 11.9. The predicted octanol–water partition coefficient (Wildman–Crippen LogP) is 9.90. The highest BCUT2D eigenvalue weighted by Crippen LogP contribution is 2.41. The summed E-state index contributed by atoms with van der Waals surface area (Å²) < 4.78 is 8.82. The fourth-order valence-corrected chi connectivity index (χ4v) is 5.83. The van der Waals surface area contributed by atoms with E-state index in [4.69, 9.17) is 14.4 Å². The highest BCUT2D eigenvalue weighted by atomic mass is 16.3. The molecule has 40 heavy (non-hydrogen) atoms. The van der Waals surface area contributed by atoms with Gasteiger partial charge in [0.25, 0.3) is 0 Å². The van der Waals surface area contributed by atoms with E-state index in [1.807, 2.05) is 30.3 Å². The number of hydrogen-bond acceptors (Lipinski definition) is 3. The second-order valence-corrected chi connectivity index (χ2v) is 11.1. The summed E-state index contributed by atoms with van der Waals surface area (Å²) in [6.07, 6.45) is 0. The number of imidazole rings is 1. The predicted molar refractivity (Wildman–Crippen MR) is 165 cm³/mol. The lowest BCUT2D eigenvalue weighted by atomic mass is 9.92. The van der Waals surface area contributed by atoms with Crippen molar-refractivity contribution in [2.75, 3.05) is 0 Å². The minimum atomic E-state index is 0.331. The summed E-state index contributed by atoms with van der Waals surface area (Å²) in [6.45, 7) is 9.03. The summed E-state index contributed by atoms with van der Waals surface area (Å²) in [5.74, 6) is 1.50. The van der Waals surface area contributed by atoms with Gasteiger partial charge < -0.3 is 4.42 Å². The average Bonchev–Trinajstić information content (AvgIpc) is 3.55. The highest BCUT2D eigenvalue weighted by molar-refractivity contribution is 6.09. The minimum absolute atomic E-state index is 0.331. The number of para-hydroxylation sites is 3. The molecule has 0 atom stereocenters. The fourth-order valence-electron chi connectivity index (χ4n) is 5.83. The number of hydrogen-bond donors (Lipinski definition) is 0. The van der Waals surface area contributed by atoms with Crippen molar-refractivity contribution in [1.82, 2.24) is 14.5 Å². The van der Waals surface area contributed by atoms with Crippen LogP contribution in [-0.2, 0) is 0 Å². The first kappa shape index (κ1) is 24.3. The zero-order valence-electron chi connectivity index (χ0n) is 23.2. The topological polar surface area (TPSA) is 43.9 Å². The van der Waals surface area contributed by atoms with Gasteiger partial charge in [-0.15, -0.1) is 0 Å². The quantitative estimate of drug-likeness (QED) is 0.226. The van der Waals surface area contributed by atoms with Crippen molar-refractivity contribution < 1.29 is 4.42 Å². The van der Waals surface area contributed by atoms with E-state index in [0.717, 1.165) is 55.7 Å². The second kappa shape index (κ2) is 9.49. The fraction of sp³-hybridized carbons (Fsp3) is 0.167. The molecule has 0 aliphatic carbocycles. The van der Waals surface area contributed by atoms with Crippen molar-refractivity contribution in [3.8, 4) is 28.3 Å². The lowest BCUT2D eigenvalue weighted by Crippen LogP contribution is -2.08. The Kier molecular flexibility index (Phi) is 5.78. The summed E-state index contributed by atoms with van der Waals surface area (Å²) in [6, 6.07) is 35.8. The first-order valence-corrected chi connectivity index (χ1v) is 14.0. The summed E-state index contributed by atoms with van der Waals surface area (Å²) in [7, 11) is 0. The molecule has 0 fully saturated rings. The van der Waals surface area contributed by atoms with E-state index in [0.29, 0.717) is 11.8 Å². The van der Waals surface area contributed by atoms with Crippen LogP contribution in [-0.4, -0.2) is 14.5 Å². The Bertz CT molecular complexity index is 1990. The monoisotopic (exact) mass is 521 g/mol. The molecule has 0 aliphatic rings. The molecule has 7 rings (SSSR count). The molecule has 4 nitrogen and oxygen atoms in total. The SMILES string of the molecule is CC(C)c1cccc(C(C)C)c1-n1c(-c2cccc3c2oc2ccccc23)nc2nc(-c3ccccc3)ccc21. The maximum absolute atomic E-state index is 6.50. The van der Waals surface area contributed by atoms with Crippen LogP contribution in [0.3, 0.4) is 0 Å². The minimum Gasteiger partial charge on any atom is -0.455 e. The third-order valence-electron chi connectivity index (χ3n) is 7.80. The van der Waals surface area contributed by atoms with Crippen LogP contribution in [0.4, 0.5) is 0 Å². The Labute approximate surface area is 233 Å². The van der Waals surface area contributed by atoms with E-state index in [9.17, 15) is 0 Å². The van der Waals surface area contributed by atoms with Gasteiger partial charge in [0.15, 0.2) is 11.5 Å². The van der Waals surface area contributed by atoms with E-state index in [2.05, 4.69) is 105 Å². The molecule has 7 aromatic rings. The molecule has 0 saturated carbocycles. The zero-order chi connectivity index (χ0) is 27.4. The molecule has 0 N–H and O–H groups in total. The van der Waals surface area contributed by atoms with Crippen LogP contribution in [0.2, 0.25) is 0 Å². The molecule has 4 aromatic carbocycles. The van der Waals surface area contributed by atoms with Gasteiger partial charge in [-0.2, -0.15) is 0 Å². The summed E-state index contributed by atoms with van der Waals surface area (Å²) in [5, 5.41) is 2.20. The number of fused-ring (bicyclic) bond motifs is 4. The molecule has 0 radical (unpaired) electrons. The van der Waals surface area contributed by atoms with E-state index in [-0.39, 0.29) is 0 Å². The molecule has 196 valence electrons. The Hall–Kier alpha value is -4.70. The number of furan rings is 1. The van der Waals surface area contributed by atoms with Crippen molar-refractivity contribution in [3.05, 3.63) is 114 Å². The van der Waals surface area contributed by atoms with Crippen LogP contribution in [0.25, 0.3) is 61.4 Å². The van der Waals surface area contributed by atoms with Crippen LogP contribution < -0.4 is 0 Å². The van der Waals surface area contributed by atoms with Gasteiger partial charge in [-0.25, -0.2) is 9.97 Å². The first-order chi connectivity index (χ1) is 19.5. The molecular formula is C36H31N3O. The highest BCUT2D eigenvalue weighted by Gasteiger charge is 2.25. The maximum Gasteiger partial charge on any atom is 0.179 e. The summed E-state index contributed by atoms with van der Waals surface area (Å²) in [4.78, 5) is 10.3. The molecule has 3 aromatic heterocycles. The van der Waals surface area contributed by atoms with Gasteiger partial charge in [-0.05, 0) is 47.2 Å². The lowest BCUT2D eigenvalue weighted by molar-refractivity contribution is 0.669. The number of benzene rings is 4. The van der Waals surface area contributed by atoms with Gasteiger partial charge in [0.1, 0.15) is 11.2 Å². The van der Waals surface area contributed by atoms with E-state index in [1.54, 1.807) is 0 Å². The Morgan fingerprint density at radius 1 is 0.625 bits per heavy atom. The van der Waals surface area contributed by atoms with Crippen molar-refractivity contribution in [3.63, 3.8) is 0 Å². The van der Waals surface area contributed by atoms with E-state index in [1.165, 1.54) is 16.8 Å². The molecule has 3 heterocycles. The number of aromatic nitrogens is 3. The average molecular weight is 522 g/mol. The van der Waals surface area contributed by atoms with Gasteiger partial charge in [0.2, 0.25) is 0 Å². The number of pyridine rings is 1. The van der Waals surface area contributed by atoms with Crippen LogP contribution >= 0.6 is 0 Å². The van der Waals surface area contributed by atoms with E-state index < -0.39 is 0 Å². The van der Waals surface area contributed by atoms with Crippen molar-refractivity contribution in [2.24, 2.45) is 0 Å². The Morgan fingerprint density at radius 2 is 1.30 bits per heavy atom. The second-order valence-electron chi connectivity index (χ2n) is 11.1. The Morgan fingerprint density at radius 3 is 2.05 bits per heavy atom. The summed E-state index contributed by atoms with van der Waals surface area (Å²) >= 11 is 0. The largest absolute Gasteiger partial charge is 0.455 e. The molecule has 0 amide bonds. The molecule has 0 saturated heterocycles. The number of nitrogens with zero attached hydrogens (tertiary/aromatic N) is 3. The third-order valence-corrected chi connectivity index (χ3v) is 7.80. The van der Waals surface area contributed by atoms with Gasteiger partial charge >= 0.3 is 0 Å². The van der Waals surface area contributed by atoms with Crippen molar-refractivity contribution in [1.29, 1.82) is 0 Å². The molecule has 0 aliphatic heterocycles. The van der Waals surface area contributed by atoms with Gasteiger partial charge in [-0.1, -0.05) is 107 Å². The van der Waals surface area contributed by atoms with Crippen LogP contribution in [0.1, 0.15) is 50.7 Å². The smallest absolute Gasteiger partial charge is 0.179 e. The van der Waals surface area contributed by atoms with E-state index >= 15 is 0 Å². The third kappa shape index (κ3) is 3.83. The lowest BCUT2D eigenvalue weighted by Gasteiger charge is -2.22. The standard InChI is InChI=1S/C36H31N3O/c1-22(2)25-15-10-16-26(23(3)4)33(25)39-31-21-20-30(24-12-6-5-7-13-24)37-35(31)38-36(39)29-18-11-17-28-27-14-8-9-19-32(27)40-34(28)29/h5-23H,1-4H3. The van der Waals surface area contributed by atoms with Crippen molar-refractivity contribution in [2.45, 2.75) is 39.5 Å². The van der Waals surface area contributed by atoms with Crippen LogP contribution in [0, 0.1) is 0 Å². The van der Waals surface area contributed by atoms with Gasteiger partial charge in [0, 0.05) is 16.3 Å². The van der Waals surface area contributed by atoms with Gasteiger partial charge in [0.05, 0.1) is 22.5 Å². The van der Waals surface area contributed by atoms with Crippen LogP contribution in [0.15, 0.2) is 108 Å². The zero-order valence-corrected chi connectivity index (χ0v) is 23.2. The molecule has 0 spiro atoms. The Balaban J connectivity index is 1.60. The molecule has 0 unspecified atom stereocenters. The maximum atomic E-state index is 6.50. The number of rotatable bonds is 5.